The lowest BCUT2D eigenvalue weighted by Crippen LogP contribution is -2.20. The van der Waals surface area contributed by atoms with Crippen LogP contribution in [-0.4, -0.2) is 38.4 Å². The highest BCUT2D eigenvalue weighted by Gasteiger charge is 2.14. The molecule has 0 saturated heterocycles. The molecule has 3 aromatic carbocycles. The molecule has 35 heavy (non-hydrogen) atoms. The first-order valence-corrected chi connectivity index (χ1v) is 11.7. The molecule has 3 aromatic rings. The molecule has 2 amide bonds. The normalized spacial score (nSPS) is 10.6. The van der Waals surface area contributed by atoms with Crippen molar-refractivity contribution >= 4 is 51.2 Å². The van der Waals surface area contributed by atoms with E-state index in [0.717, 1.165) is 4.47 Å². The third kappa shape index (κ3) is 7.73. The Morgan fingerprint density at radius 2 is 1.77 bits per heavy atom. The van der Waals surface area contributed by atoms with Crippen LogP contribution in [0.3, 0.4) is 0 Å². The molecule has 0 fully saturated rings. The molecule has 8 nitrogen and oxygen atoms in total. The highest BCUT2D eigenvalue weighted by atomic mass is 79.9. The topological polar surface area (TPSA) is 98.3 Å². The molecule has 182 valence electrons. The Bertz CT molecular complexity index is 1200. The van der Waals surface area contributed by atoms with Crippen molar-refractivity contribution in [3.8, 4) is 17.2 Å². The Morgan fingerprint density at radius 3 is 2.43 bits per heavy atom. The molecule has 0 heterocycles. The maximum atomic E-state index is 12.3. The van der Waals surface area contributed by atoms with E-state index in [0.29, 0.717) is 34.9 Å². The highest BCUT2D eigenvalue weighted by Crippen LogP contribution is 2.36. The van der Waals surface area contributed by atoms with Crippen LogP contribution >= 0.6 is 27.5 Å². The quantitative estimate of drug-likeness (QED) is 0.259. The molecule has 0 aliphatic heterocycles. The largest absolute Gasteiger partial charge is 0.497 e. The minimum Gasteiger partial charge on any atom is -0.497 e. The van der Waals surface area contributed by atoms with Gasteiger partial charge in [-0.3, -0.25) is 9.59 Å². The number of methoxy groups -OCH3 is 1. The fourth-order valence-corrected chi connectivity index (χ4v) is 3.44. The monoisotopic (exact) mass is 559 g/mol. The minimum atomic E-state index is -0.366. The first-order chi connectivity index (χ1) is 16.9. The molecule has 0 atom stereocenters. The van der Waals surface area contributed by atoms with Crippen LogP contribution in [0.2, 0.25) is 5.02 Å². The van der Waals surface area contributed by atoms with E-state index in [-0.39, 0.29) is 29.2 Å². The van der Waals surface area contributed by atoms with Crippen LogP contribution in [0, 0.1) is 0 Å². The predicted molar refractivity (Wildman–Crippen MR) is 139 cm³/mol. The molecule has 0 saturated carbocycles. The van der Waals surface area contributed by atoms with E-state index in [2.05, 4.69) is 31.8 Å². The first-order valence-electron chi connectivity index (χ1n) is 10.5. The first kappa shape index (κ1) is 26.1. The number of hydrogen-bond donors (Lipinski definition) is 2. The predicted octanol–water partition coefficient (Wildman–Crippen LogP) is 5.29. The van der Waals surface area contributed by atoms with Gasteiger partial charge in [-0.1, -0.05) is 27.5 Å². The van der Waals surface area contributed by atoms with Gasteiger partial charge in [0.2, 0.25) is 0 Å². The fraction of sp³-hybridized carbons (Fsp3) is 0.160. The smallest absolute Gasteiger partial charge is 0.271 e. The van der Waals surface area contributed by atoms with E-state index in [1.165, 1.54) is 6.21 Å². The summed E-state index contributed by atoms with van der Waals surface area (Å²) in [5, 5.41) is 6.95. The van der Waals surface area contributed by atoms with E-state index in [9.17, 15) is 9.59 Å². The van der Waals surface area contributed by atoms with Crippen molar-refractivity contribution < 1.29 is 23.8 Å². The van der Waals surface area contributed by atoms with Crippen LogP contribution < -0.4 is 25.0 Å². The molecule has 3 rings (SSSR count). The summed E-state index contributed by atoms with van der Waals surface area (Å²) in [6.45, 7) is 1.89. The van der Waals surface area contributed by atoms with Gasteiger partial charge in [-0.05, 0) is 73.2 Å². The molecule has 0 radical (unpaired) electrons. The third-order valence-corrected chi connectivity index (χ3v) is 5.35. The van der Waals surface area contributed by atoms with Gasteiger partial charge in [0.15, 0.2) is 18.1 Å². The van der Waals surface area contributed by atoms with Gasteiger partial charge in [0.25, 0.3) is 11.8 Å². The second kappa shape index (κ2) is 12.8. The summed E-state index contributed by atoms with van der Waals surface area (Å²) >= 11 is 9.72. The van der Waals surface area contributed by atoms with Crippen LogP contribution in [0.1, 0.15) is 22.8 Å². The minimum absolute atomic E-state index is 0.230. The molecular weight excluding hydrogens is 538 g/mol. The summed E-state index contributed by atoms with van der Waals surface area (Å²) in [7, 11) is 1.57. The summed E-state index contributed by atoms with van der Waals surface area (Å²) in [5.41, 5.74) is 4.11. The number of halogens is 2. The van der Waals surface area contributed by atoms with Crippen molar-refractivity contribution in [3.63, 3.8) is 0 Å². The summed E-state index contributed by atoms with van der Waals surface area (Å²) in [6.07, 6.45) is 1.44. The maximum Gasteiger partial charge on any atom is 0.271 e. The molecular formula is C25H23BrClN3O5. The number of anilines is 1. The van der Waals surface area contributed by atoms with Gasteiger partial charge < -0.3 is 19.5 Å². The number of ether oxygens (including phenoxy) is 3. The lowest BCUT2D eigenvalue weighted by Gasteiger charge is -2.14. The average Bonchev–Trinajstić information content (AvgIpc) is 2.84. The van der Waals surface area contributed by atoms with E-state index in [4.69, 9.17) is 25.8 Å². The standard InChI is InChI=1S/C25H23BrClN3O5/c1-3-34-22-13-16(14-28-30-25(32)17-4-6-18(26)7-5-17)12-21(27)24(22)35-15-23(31)29-19-8-10-20(33-2)11-9-19/h4-14H,3,15H2,1-2H3,(H,29,31)(H,30,32)/b28-14+. The number of hydrazone groups is 1. The summed E-state index contributed by atoms with van der Waals surface area (Å²) in [6, 6.07) is 17.1. The third-order valence-electron chi connectivity index (χ3n) is 4.54. The van der Waals surface area contributed by atoms with Gasteiger partial charge in [-0.2, -0.15) is 5.10 Å². The molecule has 0 aromatic heterocycles. The van der Waals surface area contributed by atoms with Crippen LogP contribution in [0.15, 0.2) is 70.2 Å². The zero-order valence-electron chi connectivity index (χ0n) is 19.0. The zero-order valence-corrected chi connectivity index (χ0v) is 21.4. The Morgan fingerprint density at radius 1 is 1.06 bits per heavy atom. The number of hydrogen-bond acceptors (Lipinski definition) is 6. The fourth-order valence-electron chi connectivity index (χ4n) is 2.91. The maximum absolute atomic E-state index is 12.3. The Kier molecular flexibility index (Phi) is 9.51. The lowest BCUT2D eigenvalue weighted by atomic mass is 10.2. The number of benzene rings is 3. The number of amides is 2. The van der Waals surface area contributed by atoms with Crippen LogP contribution in [-0.2, 0) is 4.79 Å². The Labute approximate surface area is 216 Å². The Balaban J connectivity index is 1.64. The molecule has 0 aliphatic rings. The number of carbonyl (C=O) groups excluding carboxylic acids is 2. The lowest BCUT2D eigenvalue weighted by molar-refractivity contribution is -0.118. The number of nitrogens with zero attached hydrogens (tertiary/aromatic N) is 1. The van der Waals surface area contributed by atoms with Gasteiger partial charge in [-0.25, -0.2) is 5.43 Å². The summed E-state index contributed by atoms with van der Waals surface area (Å²) < 4.78 is 17.3. The molecule has 2 N–H and O–H groups in total. The van der Waals surface area contributed by atoms with E-state index in [1.807, 2.05) is 6.92 Å². The van der Waals surface area contributed by atoms with Gasteiger partial charge in [0.1, 0.15) is 5.75 Å². The van der Waals surface area contributed by atoms with Gasteiger partial charge >= 0.3 is 0 Å². The Hall–Kier alpha value is -3.56. The van der Waals surface area contributed by atoms with Crippen LogP contribution in [0.5, 0.6) is 17.2 Å². The van der Waals surface area contributed by atoms with Crippen LogP contribution in [0.25, 0.3) is 0 Å². The van der Waals surface area contributed by atoms with Crippen molar-refractivity contribution in [3.05, 3.63) is 81.3 Å². The zero-order chi connectivity index (χ0) is 25.2. The molecule has 0 spiro atoms. The highest BCUT2D eigenvalue weighted by molar-refractivity contribution is 9.10. The SMILES string of the molecule is CCOc1cc(/C=N/NC(=O)c2ccc(Br)cc2)cc(Cl)c1OCC(=O)Nc1ccc(OC)cc1. The summed E-state index contributed by atoms with van der Waals surface area (Å²) in [5.74, 6) is 0.541. The second-order valence-corrected chi connectivity index (χ2v) is 8.36. The van der Waals surface area contributed by atoms with E-state index >= 15 is 0 Å². The van der Waals surface area contributed by atoms with E-state index < -0.39 is 0 Å². The number of rotatable bonds is 10. The molecule has 0 aliphatic carbocycles. The van der Waals surface area contributed by atoms with Gasteiger partial charge in [0.05, 0.1) is 25.0 Å². The number of nitrogens with one attached hydrogen (secondary N) is 2. The number of carbonyl (C=O) groups is 2. The molecule has 10 heteroatoms. The average molecular weight is 561 g/mol. The summed E-state index contributed by atoms with van der Waals surface area (Å²) in [4.78, 5) is 24.5. The van der Waals surface area contributed by atoms with Crippen molar-refractivity contribution in [2.75, 3.05) is 25.6 Å². The van der Waals surface area contributed by atoms with Gasteiger partial charge in [-0.15, -0.1) is 0 Å². The second-order valence-electron chi connectivity index (χ2n) is 7.03. The van der Waals surface area contributed by atoms with Crippen molar-refractivity contribution in [1.29, 1.82) is 0 Å². The van der Waals surface area contributed by atoms with Crippen molar-refractivity contribution in [2.45, 2.75) is 6.92 Å². The molecule has 0 bridgehead atoms. The van der Waals surface area contributed by atoms with E-state index in [1.54, 1.807) is 67.8 Å². The van der Waals surface area contributed by atoms with Crippen molar-refractivity contribution in [2.24, 2.45) is 5.10 Å². The van der Waals surface area contributed by atoms with Crippen LogP contribution in [0.4, 0.5) is 5.69 Å². The van der Waals surface area contributed by atoms with Crippen molar-refractivity contribution in [1.82, 2.24) is 5.43 Å². The van der Waals surface area contributed by atoms with Gasteiger partial charge in [0, 0.05) is 15.7 Å². The molecule has 0 unspecified atom stereocenters.